The van der Waals surface area contributed by atoms with Gasteiger partial charge >= 0.3 is 0 Å². The number of unbranched alkanes of at least 4 members (excludes halogenated alkanes) is 1. The van der Waals surface area contributed by atoms with Crippen LogP contribution in [0.2, 0.25) is 0 Å². The van der Waals surface area contributed by atoms with Crippen molar-refractivity contribution < 1.29 is 19.1 Å². The molecule has 3 aliphatic heterocycles. The number of ether oxygens (including phenoxy) is 2. The lowest BCUT2D eigenvalue weighted by atomic mass is 9.88. The Morgan fingerprint density at radius 2 is 1.93 bits per heavy atom. The summed E-state index contributed by atoms with van der Waals surface area (Å²) in [6, 6.07) is 0. The normalized spacial score (nSPS) is 24.2. The SMILES string of the molecule is CCCCC(=O)N1CCC2(CC1)OC(C(=O)N1CCOCC1)Cn1ccnc12. The van der Waals surface area contributed by atoms with E-state index in [-0.39, 0.29) is 11.8 Å². The molecule has 0 N–H and O–H groups in total. The maximum atomic E-state index is 13.0. The Morgan fingerprint density at radius 3 is 2.64 bits per heavy atom. The van der Waals surface area contributed by atoms with Gasteiger partial charge in [0.25, 0.3) is 5.91 Å². The number of rotatable bonds is 4. The van der Waals surface area contributed by atoms with Crippen LogP contribution in [0.5, 0.6) is 0 Å². The first kappa shape index (κ1) is 19.4. The van der Waals surface area contributed by atoms with Gasteiger partial charge in [-0.1, -0.05) is 13.3 Å². The van der Waals surface area contributed by atoms with E-state index in [4.69, 9.17) is 9.47 Å². The van der Waals surface area contributed by atoms with E-state index in [0.29, 0.717) is 65.2 Å². The zero-order chi connectivity index (χ0) is 19.6. The number of hydrogen-bond acceptors (Lipinski definition) is 5. The molecule has 0 radical (unpaired) electrons. The zero-order valence-corrected chi connectivity index (χ0v) is 16.6. The van der Waals surface area contributed by atoms with Crippen LogP contribution < -0.4 is 0 Å². The summed E-state index contributed by atoms with van der Waals surface area (Å²) in [7, 11) is 0. The van der Waals surface area contributed by atoms with Gasteiger partial charge in [-0.15, -0.1) is 0 Å². The molecule has 8 nitrogen and oxygen atoms in total. The first-order chi connectivity index (χ1) is 13.6. The van der Waals surface area contributed by atoms with Gasteiger partial charge in [-0.25, -0.2) is 4.98 Å². The molecule has 0 bridgehead atoms. The largest absolute Gasteiger partial charge is 0.378 e. The molecular formula is C20H30N4O4. The molecule has 4 rings (SSSR count). The average molecular weight is 390 g/mol. The summed E-state index contributed by atoms with van der Waals surface area (Å²) in [6.45, 7) is 6.27. The van der Waals surface area contributed by atoms with E-state index < -0.39 is 11.7 Å². The third-order valence-electron chi connectivity index (χ3n) is 6.12. The molecule has 3 aliphatic rings. The lowest BCUT2D eigenvalue weighted by Crippen LogP contribution is -2.56. The van der Waals surface area contributed by atoms with Crippen LogP contribution in [0.4, 0.5) is 0 Å². The van der Waals surface area contributed by atoms with Crippen molar-refractivity contribution in [1.29, 1.82) is 0 Å². The van der Waals surface area contributed by atoms with Gasteiger partial charge < -0.3 is 23.8 Å². The third kappa shape index (κ3) is 3.67. The molecule has 0 saturated carbocycles. The number of imidazole rings is 1. The van der Waals surface area contributed by atoms with Crippen LogP contribution in [-0.2, 0) is 31.2 Å². The first-order valence-electron chi connectivity index (χ1n) is 10.5. The molecule has 4 heterocycles. The van der Waals surface area contributed by atoms with E-state index in [1.807, 2.05) is 16.0 Å². The molecule has 0 aliphatic carbocycles. The molecule has 28 heavy (non-hydrogen) atoms. The Labute approximate surface area is 165 Å². The van der Waals surface area contributed by atoms with Gasteiger partial charge in [-0.05, 0) is 6.42 Å². The fraction of sp³-hybridized carbons (Fsp3) is 0.750. The third-order valence-corrected chi connectivity index (χ3v) is 6.12. The average Bonchev–Trinajstić information content (AvgIpc) is 3.22. The highest BCUT2D eigenvalue weighted by Crippen LogP contribution is 2.40. The monoisotopic (exact) mass is 390 g/mol. The number of likely N-dealkylation sites (tertiary alicyclic amines) is 1. The van der Waals surface area contributed by atoms with E-state index in [9.17, 15) is 9.59 Å². The van der Waals surface area contributed by atoms with E-state index in [1.165, 1.54) is 0 Å². The number of hydrogen-bond donors (Lipinski definition) is 0. The van der Waals surface area contributed by atoms with Crippen LogP contribution in [-0.4, -0.2) is 76.7 Å². The lowest BCUT2D eigenvalue weighted by molar-refractivity contribution is -0.184. The van der Waals surface area contributed by atoms with Gasteiger partial charge in [0.1, 0.15) is 11.4 Å². The van der Waals surface area contributed by atoms with Crippen LogP contribution in [0.1, 0.15) is 44.9 Å². The van der Waals surface area contributed by atoms with Crippen molar-refractivity contribution in [3.05, 3.63) is 18.2 Å². The number of aromatic nitrogens is 2. The van der Waals surface area contributed by atoms with Crippen molar-refractivity contribution in [2.45, 2.75) is 57.3 Å². The van der Waals surface area contributed by atoms with Gasteiger partial charge in [0.05, 0.1) is 19.8 Å². The quantitative estimate of drug-likeness (QED) is 0.771. The number of morpholine rings is 1. The van der Waals surface area contributed by atoms with Gasteiger partial charge in [0.15, 0.2) is 6.10 Å². The van der Waals surface area contributed by atoms with E-state index in [0.717, 1.165) is 18.7 Å². The van der Waals surface area contributed by atoms with E-state index in [2.05, 4.69) is 16.5 Å². The maximum Gasteiger partial charge on any atom is 0.253 e. The number of fused-ring (bicyclic) bond motifs is 2. The van der Waals surface area contributed by atoms with Crippen molar-refractivity contribution in [2.24, 2.45) is 0 Å². The van der Waals surface area contributed by atoms with Crippen molar-refractivity contribution in [1.82, 2.24) is 19.4 Å². The predicted octanol–water partition coefficient (Wildman–Crippen LogP) is 1.15. The minimum Gasteiger partial charge on any atom is -0.378 e. The topological polar surface area (TPSA) is 76.9 Å². The Balaban J connectivity index is 1.48. The lowest BCUT2D eigenvalue weighted by Gasteiger charge is -2.46. The second kappa shape index (κ2) is 8.21. The van der Waals surface area contributed by atoms with Gasteiger partial charge in [-0.3, -0.25) is 9.59 Å². The Kier molecular flexibility index (Phi) is 5.68. The van der Waals surface area contributed by atoms with Crippen molar-refractivity contribution in [3.8, 4) is 0 Å². The molecule has 1 spiro atoms. The van der Waals surface area contributed by atoms with Crippen molar-refractivity contribution in [2.75, 3.05) is 39.4 Å². The molecule has 2 amide bonds. The molecule has 1 atom stereocenters. The van der Waals surface area contributed by atoms with E-state index >= 15 is 0 Å². The highest BCUT2D eigenvalue weighted by atomic mass is 16.5. The fourth-order valence-corrected chi connectivity index (χ4v) is 4.46. The smallest absolute Gasteiger partial charge is 0.253 e. The van der Waals surface area contributed by atoms with Crippen LogP contribution in [0.25, 0.3) is 0 Å². The summed E-state index contributed by atoms with van der Waals surface area (Å²) in [6.07, 6.45) is 7.11. The molecule has 1 aromatic heterocycles. The molecule has 8 heteroatoms. The summed E-state index contributed by atoms with van der Waals surface area (Å²) in [5.41, 5.74) is -0.587. The summed E-state index contributed by atoms with van der Waals surface area (Å²) < 4.78 is 13.9. The summed E-state index contributed by atoms with van der Waals surface area (Å²) in [5.74, 6) is 1.14. The standard InChI is InChI=1S/C20H30N4O4/c1-2-3-4-17(25)22-8-5-20(6-9-22)19-21-7-10-24(19)15-16(28-20)18(26)23-11-13-27-14-12-23/h7,10,16H,2-6,8-9,11-15H2,1H3. The Morgan fingerprint density at radius 1 is 1.18 bits per heavy atom. The van der Waals surface area contributed by atoms with Crippen molar-refractivity contribution in [3.63, 3.8) is 0 Å². The maximum absolute atomic E-state index is 13.0. The second-order valence-corrected chi connectivity index (χ2v) is 7.93. The minimum absolute atomic E-state index is 0.0310. The zero-order valence-electron chi connectivity index (χ0n) is 16.6. The predicted molar refractivity (Wildman–Crippen MR) is 102 cm³/mol. The molecule has 2 saturated heterocycles. The van der Waals surface area contributed by atoms with Gasteiger partial charge in [-0.2, -0.15) is 0 Å². The van der Waals surface area contributed by atoms with Crippen LogP contribution in [0, 0.1) is 0 Å². The van der Waals surface area contributed by atoms with Crippen LogP contribution in [0.15, 0.2) is 12.4 Å². The number of amides is 2. The second-order valence-electron chi connectivity index (χ2n) is 7.93. The van der Waals surface area contributed by atoms with Crippen LogP contribution >= 0.6 is 0 Å². The number of nitrogens with zero attached hydrogens (tertiary/aromatic N) is 4. The Bertz CT molecular complexity index is 705. The van der Waals surface area contributed by atoms with Gasteiger partial charge in [0, 0.05) is 57.8 Å². The molecule has 154 valence electrons. The van der Waals surface area contributed by atoms with Crippen LogP contribution in [0.3, 0.4) is 0 Å². The summed E-state index contributed by atoms with van der Waals surface area (Å²) >= 11 is 0. The molecule has 0 aromatic carbocycles. The van der Waals surface area contributed by atoms with Gasteiger partial charge in [0.2, 0.25) is 5.91 Å². The molecule has 1 aromatic rings. The Hall–Kier alpha value is -1.93. The van der Waals surface area contributed by atoms with Crippen molar-refractivity contribution >= 4 is 11.8 Å². The number of carbonyl (C=O) groups is 2. The number of piperidine rings is 1. The van der Waals surface area contributed by atoms with E-state index in [1.54, 1.807) is 6.20 Å². The number of carbonyl (C=O) groups excluding carboxylic acids is 2. The molecule has 1 unspecified atom stereocenters. The summed E-state index contributed by atoms with van der Waals surface area (Å²) in [4.78, 5) is 33.8. The minimum atomic E-state index is -0.587. The molecular weight excluding hydrogens is 360 g/mol. The summed E-state index contributed by atoms with van der Waals surface area (Å²) in [5, 5.41) is 0. The highest BCUT2D eigenvalue weighted by molar-refractivity contribution is 5.81. The molecule has 2 fully saturated rings. The highest BCUT2D eigenvalue weighted by Gasteiger charge is 2.48. The first-order valence-corrected chi connectivity index (χ1v) is 10.5. The fourth-order valence-electron chi connectivity index (χ4n) is 4.46.